The molecule has 0 bridgehead atoms. The van der Waals surface area contributed by atoms with E-state index in [1.165, 1.54) is 11.6 Å². The van der Waals surface area contributed by atoms with E-state index < -0.39 is 0 Å². The van der Waals surface area contributed by atoms with Gasteiger partial charge in [-0.3, -0.25) is 0 Å². The highest BCUT2D eigenvalue weighted by Gasteiger charge is 1.91. The van der Waals surface area contributed by atoms with Crippen molar-refractivity contribution < 1.29 is 4.74 Å². The number of unbranched alkanes of at least 4 members (excludes halogenated alkanes) is 3. The molecule has 0 saturated carbocycles. The topological polar surface area (TPSA) is 33.0 Å². The molecule has 0 aromatic heterocycles. The number of ether oxygens (including phenoxy) is 1. The summed E-state index contributed by atoms with van der Waals surface area (Å²) in [6.07, 6.45) is 8.11. The van der Waals surface area contributed by atoms with Crippen molar-refractivity contribution in [1.29, 1.82) is 5.26 Å². The molecule has 0 saturated heterocycles. The number of hydrogen-bond acceptors (Lipinski definition) is 2. The first kappa shape index (κ1) is 16.0. The molecule has 0 N–H and O–H groups in total. The van der Waals surface area contributed by atoms with Crippen molar-refractivity contribution in [2.45, 2.75) is 38.7 Å². The van der Waals surface area contributed by atoms with Gasteiger partial charge in [0.05, 0.1) is 12.7 Å². The molecule has 104 valence electrons. The van der Waals surface area contributed by atoms with Crippen LogP contribution >= 0.6 is 0 Å². The van der Waals surface area contributed by atoms with E-state index in [0.717, 1.165) is 38.7 Å². The molecular weight excluding hydrogens is 246 g/mol. The van der Waals surface area contributed by atoms with Crippen molar-refractivity contribution >= 4 is 0 Å². The summed E-state index contributed by atoms with van der Waals surface area (Å²) in [7, 11) is 0. The summed E-state index contributed by atoms with van der Waals surface area (Å²) in [4.78, 5) is 0. The Hall–Kier alpha value is -2.03. The number of rotatable bonds is 8. The minimum absolute atomic E-state index is 0.692. The predicted octanol–water partition coefficient (Wildman–Crippen LogP) is 4.24. The van der Waals surface area contributed by atoms with Gasteiger partial charge in [-0.05, 0) is 24.8 Å². The van der Waals surface area contributed by atoms with Crippen molar-refractivity contribution in [3.05, 3.63) is 48.0 Å². The SMILES string of the molecule is N#C/C=C\CCC#CCCCCOCc1ccccc1. The molecule has 1 aromatic rings. The average Bonchev–Trinajstić information content (AvgIpc) is 2.49. The summed E-state index contributed by atoms with van der Waals surface area (Å²) >= 11 is 0. The molecule has 0 spiro atoms. The molecule has 1 aromatic carbocycles. The monoisotopic (exact) mass is 267 g/mol. The van der Waals surface area contributed by atoms with Gasteiger partial charge in [0.15, 0.2) is 0 Å². The van der Waals surface area contributed by atoms with Crippen LogP contribution in [-0.2, 0) is 11.3 Å². The van der Waals surface area contributed by atoms with Gasteiger partial charge in [-0.25, -0.2) is 0 Å². The Balaban J connectivity index is 1.91. The fraction of sp³-hybridized carbons (Fsp3) is 0.389. The molecule has 0 amide bonds. The van der Waals surface area contributed by atoms with E-state index in [2.05, 4.69) is 24.0 Å². The van der Waals surface area contributed by atoms with E-state index in [-0.39, 0.29) is 0 Å². The van der Waals surface area contributed by atoms with Gasteiger partial charge >= 0.3 is 0 Å². The largest absolute Gasteiger partial charge is 0.377 e. The lowest BCUT2D eigenvalue weighted by molar-refractivity contribution is 0.117. The van der Waals surface area contributed by atoms with Crippen LogP contribution in [0.15, 0.2) is 42.5 Å². The Kier molecular flexibility index (Phi) is 9.64. The molecule has 0 aliphatic heterocycles. The third-order valence-electron chi connectivity index (χ3n) is 2.71. The Morgan fingerprint density at radius 3 is 2.65 bits per heavy atom. The summed E-state index contributed by atoms with van der Waals surface area (Å²) in [6, 6.07) is 12.2. The molecule has 20 heavy (non-hydrogen) atoms. The van der Waals surface area contributed by atoms with Gasteiger partial charge in [0.1, 0.15) is 0 Å². The molecule has 0 radical (unpaired) electrons. The molecule has 1 rings (SSSR count). The lowest BCUT2D eigenvalue weighted by Crippen LogP contribution is -1.95. The van der Waals surface area contributed by atoms with Crippen molar-refractivity contribution in [3.63, 3.8) is 0 Å². The smallest absolute Gasteiger partial charge is 0.0908 e. The molecule has 0 fully saturated rings. The van der Waals surface area contributed by atoms with E-state index in [0.29, 0.717) is 6.61 Å². The molecular formula is C18H21NO. The van der Waals surface area contributed by atoms with Crippen LogP contribution in [0, 0.1) is 23.2 Å². The summed E-state index contributed by atoms with van der Waals surface area (Å²) in [5.41, 5.74) is 1.22. The molecule has 0 aliphatic rings. The zero-order valence-corrected chi connectivity index (χ0v) is 11.8. The van der Waals surface area contributed by atoms with Crippen molar-refractivity contribution in [2.75, 3.05) is 6.61 Å². The van der Waals surface area contributed by atoms with E-state index in [9.17, 15) is 0 Å². The lowest BCUT2D eigenvalue weighted by Gasteiger charge is -2.02. The number of allylic oxidation sites excluding steroid dienone is 2. The Morgan fingerprint density at radius 1 is 1.05 bits per heavy atom. The highest BCUT2D eigenvalue weighted by molar-refractivity contribution is 5.13. The molecule has 0 atom stereocenters. The fourth-order valence-corrected chi connectivity index (χ4v) is 1.65. The Labute approximate surface area is 122 Å². The predicted molar refractivity (Wildman–Crippen MR) is 81.7 cm³/mol. The second-order valence-electron chi connectivity index (χ2n) is 4.42. The van der Waals surface area contributed by atoms with Crippen LogP contribution in [0.3, 0.4) is 0 Å². The van der Waals surface area contributed by atoms with Gasteiger partial charge in [0.25, 0.3) is 0 Å². The van der Waals surface area contributed by atoms with Gasteiger partial charge in [0.2, 0.25) is 0 Å². The van der Waals surface area contributed by atoms with Crippen LogP contribution in [-0.4, -0.2) is 6.61 Å². The summed E-state index contributed by atoms with van der Waals surface area (Å²) in [5, 5.41) is 8.30. The molecule has 0 heterocycles. The van der Waals surface area contributed by atoms with Gasteiger partial charge < -0.3 is 4.74 Å². The summed E-state index contributed by atoms with van der Waals surface area (Å²) < 4.78 is 5.60. The van der Waals surface area contributed by atoms with Gasteiger partial charge in [-0.15, -0.1) is 11.8 Å². The molecule has 2 nitrogen and oxygen atoms in total. The van der Waals surface area contributed by atoms with E-state index in [4.69, 9.17) is 10.00 Å². The number of nitriles is 1. The molecule has 0 unspecified atom stereocenters. The summed E-state index contributed by atoms with van der Waals surface area (Å²) in [6.45, 7) is 1.49. The Bertz CT molecular complexity index is 474. The third-order valence-corrected chi connectivity index (χ3v) is 2.71. The second kappa shape index (κ2) is 12.0. The summed E-state index contributed by atoms with van der Waals surface area (Å²) in [5.74, 6) is 6.26. The first-order valence-corrected chi connectivity index (χ1v) is 7.05. The van der Waals surface area contributed by atoms with Crippen LogP contribution in [0.25, 0.3) is 0 Å². The maximum atomic E-state index is 8.30. The van der Waals surface area contributed by atoms with Gasteiger partial charge in [0, 0.05) is 25.5 Å². The highest BCUT2D eigenvalue weighted by atomic mass is 16.5. The maximum absolute atomic E-state index is 8.30. The number of benzene rings is 1. The Morgan fingerprint density at radius 2 is 1.85 bits per heavy atom. The lowest BCUT2D eigenvalue weighted by atomic mass is 10.2. The zero-order chi connectivity index (χ0) is 14.3. The first-order valence-electron chi connectivity index (χ1n) is 7.05. The van der Waals surface area contributed by atoms with Crippen LogP contribution in [0.2, 0.25) is 0 Å². The standard InChI is InChI=1S/C18H21NO/c19-15-11-6-4-2-1-3-5-7-12-16-20-17-18-13-9-8-10-14-18/h6,8-11,13-14H,2,4-5,7,12,16-17H2/b11-6-. The van der Waals surface area contributed by atoms with E-state index in [1.807, 2.05) is 30.3 Å². The van der Waals surface area contributed by atoms with E-state index >= 15 is 0 Å². The quantitative estimate of drug-likeness (QED) is 0.401. The second-order valence-corrected chi connectivity index (χ2v) is 4.42. The average molecular weight is 267 g/mol. The normalized spacial score (nSPS) is 9.95. The minimum Gasteiger partial charge on any atom is -0.377 e. The van der Waals surface area contributed by atoms with Crippen LogP contribution < -0.4 is 0 Å². The zero-order valence-electron chi connectivity index (χ0n) is 11.8. The van der Waals surface area contributed by atoms with Crippen LogP contribution in [0.4, 0.5) is 0 Å². The minimum atomic E-state index is 0.692. The molecule has 2 heteroatoms. The first-order chi connectivity index (χ1) is 9.93. The van der Waals surface area contributed by atoms with Gasteiger partial charge in [-0.1, -0.05) is 36.4 Å². The third kappa shape index (κ3) is 8.97. The highest BCUT2D eigenvalue weighted by Crippen LogP contribution is 2.02. The number of nitrogens with zero attached hydrogens (tertiary/aromatic N) is 1. The molecule has 0 aliphatic carbocycles. The van der Waals surface area contributed by atoms with Crippen molar-refractivity contribution in [1.82, 2.24) is 0 Å². The van der Waals surface area contributed by atoms with Crippen LogP contribution in [0.1, 0.15) is 37.7 Å². The fourth-order valence-electron chi connectivity index (χ4n) is 1.65. The maximum Gasteiger partial charge on any atom is 0.0908 e. The van der Waals surface area contributed by atoms with Crippen molar-refractivity contribution in [3.8, 4) is 17.9 Å². The number of hydrogen-bond donors (Lipinski definition) is 0. The van der Waals surface area contributed by atoms with Crippen LogP contribution in [0.5, 0.6) is 0 Å². The van der Waals surface area contributed by atoms with Gasteiger partial charge in [-0.2, -0.15) is 5.26 Å². The van der Waals surface area contributed by atoms with Crippen molar-refractivity contribution in [2.24, 2.45) is 0 Å². The van der Waals surface area contributed by atoms with E-state index in [1.54, 1.807) is 0 Å².